The van der Waals surface area contributed by atoms with Crippen molar-refractivity contribution in [2.45, 2.75) is 20.3 Å². The lowest BCUT2D eigenvalue weighted by Crippen LogP contribution is -2.32. The van der Waals surface area contributed by atoms with Gasteiger partial charge in [0.25, 0.3) is 5.91 Å². The first-order valence-corrected chi connectivity index (χ1v) is 7.73. The van der Waals surface area contributed by atoms with E-state index < -0.39 is 0 Å². The number of carbonyl (C=O) groups excluding carboxylic acids is 1. The molecule has 0 aliphatic rings. The highest BCUT2D eigenvalue weighted by atomic mass is 35.5. The Morgan fingerprint density at radius 1 is 1.27 bits per heavy atom. The molecule has 2 rings (SSSR count). The van der Waals surface area contributed by atoms with Gasteiger partial charge < -0.3 is 15.2 Å². The quantitative estimate of drug-likeness (QED) is 0.769. The maximum atomic E-state index is 12.4. The molecule has 0 atom stereocenters. The fourth-order valence-corrected chi connectivity index (χ4v) is 2.36. The predicted molar refractivity (Wildman–Crippen MR) is 87.2 cm³/mol. The van der Waals surface area contributed by atoms with Gasteiger partial charge in [-0.25, -0.2) is 0 Å². The number of aryl methyl sites for hydroxylation is 1. The van der Waals surface area contributed by atoms with Crippen LogP contribution in [0, 0.1) is 6.92 Å². The van der Waals surface area contributed by atoms with E-state index in [4.69, 9.17) is 16.1 Å². The number of rotatable bonds is 7. The molecule has 0 bridgehead atoms. The summed E-state index contributed by atoms with van der Waals surface area (Å²) < 4.78 is 5.19. The molecule has 1 aromatic heterocycles. The molecule has 0 radical (unpaired) electrons. The highest BCUT2D eigenvalue weighted by molar-refractivity contribution is 6.33. The van der Waals surface area contributed by atoms with Crippen LogP contribution in [0.4, 0.5) is 0 Å². The van der Waals surface area contributed by atoms with Crippen molar-refractivity contribution >= 4 is 17.5 Å². The summed E-state index contributed by atoms with van der Waals surface area (Å²) in [5.41, 5.74) is 1.60. The van der Waals surface area contributed by atoms with E-state index in [2.05, 4.69) is 22.7 Å². The second-order valence-corrected chi connectivity index (χ2v) is 5.36. The SMILES string of the molecule is CCCNCCNC(=O)c1c(-c2ccccc2Cl)noc1C. The van der Waals surface area contributed by atoms with Crippen molar-refractivity contribution in [2.24, 2.45) is 0 Å². The van der Waals surface area contributed by atoms with Crippen molar-refractivity contribution in [1.29, 1.82) is 0 Å². The maximum Gasteiger partial charge on any atom is 0.257 e. The molecule has 2 N–H and O–H groups in total. The van der Waals surface area contributed by atoms with Gasteiger partial charge in [-0.1, -0.05) is 41.9 Å². The number of nitrogens with one attached hydrogen (secondary N) is 2. The molecule has 22 heavy (non-hydrogen) atoms. The molecule has 5 nitrogen and oxygen atoms in total. The van der Waals surface area contributed by atoms with Crippen LogP contribution >= 0.6 is 11.6 Å². The summed E-state index contributed by atoms with van der Waals surface area (Å²) in [6.45, 7) is 6.03. The minimum atomic E-state index is -0.202. The van der Waals surface area contributed by atoms with Gasteiger partial charge in [0.05, 0.1) is 5.02 Å². The number of nitrogens with zero attached hydrogens (tertiary/aromatic N) is 1. The number of benzene rings is 1. The molecule has 1 heterocycles. The third-order valence-corrected chi connectivity index (χ3v) is 3.56. The van der Waals surface area contributed by atoms with E-state index in [9.17, 15) is 4.79 Å². The molecule has 1 aromatic carbocycles. The van der Waals surface area contributed by atoms with Crippen LogP contribution in [-0.4, -0.2) is 30.7 Å². The summed E-state index contributed by atoms with van der Waals surface area (Å²) in [5, 5.41) is 10.6. The minimum absolute atomic E-state index is 0.202. The molecule has 2 aromatic rings. The van der Waals surface area contributed by atoms with E-state index in [0.29, 0.717) is 34.1 Å². The van der Waals surface area contributed by atoms with Crippen molar-refractivity contribution in [3.05, 3.63) is 40.6 Å². The van der Waals surface area contributed by atoms with Crippen molar-refractivity contribution in [3.8, 4) is 11.3 Å². The topological polar surface area (TPSA) is 67.2 Å². The summed E-state index contributed by atoms with van der Waals surface area (Å²) >= 11 is 6.18. The Labute approximate surface area is 135 Å². The van der Waals surface area contributed by atoms with Gasteiger partial charge in [-0.2, -0.15) is 0 Å². The van der Waals surface area contributed by atoms with Crippen molar-refractivity contribution in [2.75, 3.05) is 19.6 Å². The van der Waals surface area contributed by atoms with E-state index in [1.165, 1.54) is 0 Å². The largest absolute Gasteiger partial charge is 0.360 e. The minimum Gasteiger partial charge on any atom is -0.360 e. The Hall–Kier alpha value is -1.85. The first kappa shape index (κ1) is 16.5. The first-order chi connectivity index (χ1) is 10.6. The lowest BCUT2D eigenvalue weighted by Gasteiger charge is -2.07. The normalized spacial score (nSPS) is 10.7. The average molecular weight is 322 g/mol. The zero-order valence-electron chi connectivity index (χ0n) is 12.8. The fourth-order valence-electron chi connectivity index (χ4n) is 2.13. The number of halogens is 1. The van der Waals surface area contributed by atoms with Gasteiger partial charge in [-0.3, -0.25) is 4.79 Å². The van der Waals surface area contributed by atoms with Gasteiger partial charge >= 0.3 is 0 Å². The zero-order chi connectivity index (χ0) is 15.9. The Bertz CT molecular complexity index is 640. The van der Waals surface area contributed by atoms with Gasteiger partial charge in [-0.05, 0) is 26.0 Å². The molecule has 118 valence electrons. The summed E-state index contributed by atoms with van der Waals surface area (Å²) in [4.78, 5) is 12.4. The van der Waals surface area contributed by atoms with Gasteiger partial charge in [-0.15, -0.1) is 0 Å². The molecular weight excluding hydrogens is 302 g/mol. The molecule has 0 fully saturated rings. The van der Waals surface area contributed by atoms with Crippen molar-refractivity contribution in [1.82, 2.24) is 15.8 Å². The third-order valence-electron chi connectivity index (χ3n) is 3.23. The molecule has 0 spiro atoms. The van der Waals surface area contributed by atoms with Crippen molar-refractivity contribution in [3.63, 3.8) is 0 Å². The lowest BCUT2D eigenvalue weighted by molar-refractivity contribution is 0.0953. The van der Waals surface area contributed by atoms with E-state index in [1.807, 2.05) is 18.2 Å². The highest BCUT2D eigenvalue weighted by Crippen LogP contribution is 2.30. The second-order valence-electron chi connectivity index (χ2n) is 4.95. The average Bonchev–Trinajstić information content (AvgIpc) is 2.89. The second kappa shape index (κ2) is 7.96. The predicted octanol–water partition coefficient (Wildman–Crippen LogP) is 3.03. The monoisotopic (exact) mass is 321 g/mol. The number of hydrogen-bond donors (Lipinski definition) is 2. The van der Waals surface area contributed by atoms with Gasteiger partial charge in [0.15, 0.2) is 0 Å². The van der Waals surface area contributed by atoms with Gasteiger partial charge in [0, 0.05) is 18.7 Å². The van der Waals surface area contributed by atoms with E-state index in [0.717, 1.165) is 19.5 Å². The summed E-state index contributed by atoms with van der Waals surface area (Å²) in [5.74, 6) is 0.279. The molecule has 0 saturated heterocycles. The lowest BCUT2D eigenvalue weighted by atomic mass is 10.1. The molecule has 0 aliphatic carbocycles. The molecule has 0 unspecified atom stereocenters. The molecule has 0 aliphatic heterocycles. The van der Waals surface area contributed by atoms with Crippen LogP contribution in [-0.2, 0) is 0 Å². The van der Waals surface area contributed by atoms with Gasteiger partial charge in [0.2, 0.25) is 0 Å². The Morgan fingerprint density at radius 2 is 2.05 bits per heavy atom. The standard InChI is InChI=1S/C16H20ClN3O2/c1-3-8-18-9-10-19-16(21)14-11(2)22-20-15(14)12-6-4-5-7-13(12)17/h4-7,18H,3,8-10H2,1-2H3,(H,19,21). The number of aromatic nitrogens is 1. The van der Waals surface area contributed by atoms with Gasteiger partial charge in [0.1, 0.15) is 17.0 Å². The smallest absolute Gasteiger partial charge is 0.257 e. The van der Waals surface area contributed by atoms with E-state index >= 15 is 0 Å². The highest BCUT2D eigenvalue weighted by Gasteiger charge is 2.22. The van der Waals surface area contributed by atoms with E-state index in [1.54, 1.807) is 13.0 Å². The van der Waals surface area contributed by atoms with Crippen LogP contribution < -0.4 is 10.6 Å². The van der Waals surface area contributed by atoms with Crippen LogP contribution in [0.15, 0.2) is 28.8 Å². The molecular formula is C16H20ClN3O2. The summed E-state index contributed by atoms with van der Waals surface area (Å²) in [6.07, 6.45) is 1.06. The molecule has 0 saturated carbocycles. The van der Waals surface area contributed by atoms with Crippen LogP contribution in [0.5, 0.6) is 0 Å². The Morgan fingerprint density at radius 3 is 2.77 bits per heavy atom. The first-order valence-electron chi connectivity index (χ1n) is 7.35. The summed E-state index contributed by atoms with van der Waals surface area (Å²) in [6, 6.07) is 7.26. The van der Waals surface area contributed by atoms with Crippen LogP contribution in [0.3, 0.4) is 0 Å². The van der Waals surface area contributed by atoms with Crippen LogP contribution in [0.1, 0.15) is 29.5 Å². The van der Waals surface area contributed by atoms with E-state index in [-0.39, 0.29) is 5.91 Å². The number of hydrogen-bond acceptors (Lipinski definition) is 4. The number of amides is 1. The molecule has 6 heteroatoms. The number of carbonyl (C=O) groups is 1. The van der Waals surface area contributed by atoms with Crippen molar-refractivity contribution < 1.29 is 9.32 Å². The fraction of sp³-hybridized carbons (Fsp3) is 0.375. The molecule has 1 amide bonds. The third kappa shape index (κ3) is 3.87. The Balaban J connectivity index is 2.13. The summed E-state index contributed by atoms with van der Waals surface area (Å²) in [7, 11) is 0. The zero-order valence-corrected chi connectivity index (χ0v) is 13.5. The van der Waals surface area contributed by atoms with Crippen LogP contribution in [0.25, 0.3) is 11.3 Å². The van der Waals surface area contributed by atoms with Crippen LogP contribution in [0.2, 0.25) is 5.02 Å². The Kier molecular flexibility index (Phi) is 5.98. The maximum absolute atomic E-state index is 12.4.